The Morgan fingerprint density at radius 2 is 1.78 bits per heavy atom. The van der Waals surface area contributed by atoms with Crippen LogP contribution < -0.4 is 0 Å². The minimum Gasteiger partial charge on any atom is -0.464 e. The molecule has 2 aromatic carbocycles. The molecule has 0 N–H and O–H groups in total. The maximum atomic E-state index is 12.0. The molecule has 1 aromatic heterocycles. The Hall–Kier alpha value is -2.87. The first-order valence-electron chi connectivity index (χ1n) is 7.58. The van der Waals surface area contributed by atoms with Crippen LogP contribution in [0.15, 0.2) is 65.3 Å². The average molecular weight is 302 g/mol. The third-order valence-electron chi connectivity index (χ3n) is 3.78. The van der Waals surface area contributed by atoms with Crippen LogP contribution in [0.3, 0.4) is 0 Å². The molecule has 0 fully saturated rings. The Kier molecular flexibility index (Phi) is 4.24. The van der Waals surface area contributed by atoms with E-state index in [2.05, 4.69) is 0 Å². The molecule has 0 aliphatic rings. The molecular formula is C21H18O2. The zero-order valence-corrected chi connectivity index (χ0v) is 13.2. The van der Waals surface area contributed by atoms with Gasteiger partial charge in [-0.3, -0.25) is 4.79 Å². The van der Waals surface area contributed by atoms with Crippen molar-refractivity contribution in [1.82, 2.24) is 0 Å². The summed E-state index contributed by atoms with van der Waals surface area (Å²) >= 11 is 0. The second-order valence-electron chi connectivity index (χ2n) is 5.53. The number of Topliss-reactive ketones (excluding diaryl/α,β-unsaturated/α-hetero) is 1. The van der Waals surface area contributed by atoms with E-state index >= 15 is 0 Å². The highest BCUT2D eigenvalue weighted by molar-refractivity contribution is 6.00. The summed E-state index contributed by atoms with van der Waals surface area (Å²) in [5.41, 5.74) is 4.70. The molecule has 0 atom stereocenters. The van der Waals surface area contributed by atoms with E-state index in [4.69, 9.17) is 4.42 Å². The molecule has 0 saturated carbocycles. The Morgan fingerprint density at radius 1 is 1.00 bits per heavy atom. The molecule has 0 aliphatic carbocycles. The molecular weight excluding hydrogens is 284 g/mol. The van der Waals surface area contributed by atoms with Crippen LogP contribution in [0.4, 0.5) is 0 Å². The molecule has 3 rings (SSSR count). The van der Waals surface area contributed by atoms with Crippen LogP contribution in [0.5, 0.6) is 0 Å². The van der Waals surface area contributed by atoms with E-state index in [9.17, 15) is 4.79 Å². The van der Waals surface area contributed by atoms with Gasteiger partial charge in [0.05, 0.1) is 6.26 Å². The van der Waals surface area contributed by atoms with Gasteiger partial charge in [-0.25, -0.2) is 0 Å². The highest BCUT2D eigenvalue weighted by Gasteiger charge is 2.12. The minimum atomic E-state index is 0.0706. The molecule has 23 heavy (non-hydrogen) atoms. The fourth-order valence-electron chi connectivity index (χ4n) is 2.76. The first-order chi connectivity index (χ1) is 11.1. The normalized spacial score (nSPS) is 11.0. The first-order valence-corrected chi connectivity index (χ1v) is 7.58. The number of rotatable bonds is 4. The van der Waals surface area contributed by atoms with Crippen molar-refractivity contribution in [3.63, 3.8) is 0 Å². The quantitative estimate of drug-likeness (QED) is 0.462. The number of hydrogen-bond acceptors (Lipinski definition) is 2. The predicted molar refractivity (Wildman–Crippen MR) is 94.3 cm³/mol. The average Bonchev–Trinajstić information content (AvgIpc) is 3.07. The van der Waals surface area contributed by atoms with Gasteiger partial charge >= 0.3 is 0 Å². The van der Waals surface area contributed by atoms with Crippen LogP contribution in [0, 0.1) is 6.92 Å². The van der Waals surface area contributed by atoms with Crippen molar-refractivity contribution < 1.29 is 9.21 Å². The second kappa shape index (κ2) is 6.49. The number of benzene rings is 2. The van der Waals surface area contributed by atoms with Crippen LogP contribution in [-0.4, -0.2) is 5.78 Å². The van der Waals surface area contributed by atoms with Crippen molar-refractivity contribution in [2.24, 2.45) is 0 Å². The number of aryl methyl sites for hydroxylation is 1. The SMILES string of the molecule is CC(=O)c1c(C)cc(-c2ccco2)cc1/C=C/c1ccccc1. The minimum absolute atomic E-state index is 0.0706. The maximum absolute atomic E-state index is 12.0. The maximum Gasteiger partial charge on any atom is 0.160 e. The molecule has 0 saturated heterocycles. The van der Waals surface area contributed by atoms with Crippen LogP contribution >= 0.6 is 0 Å². The molecule has 0 bridgehead atoms. The zero-order valence-electron chi connectivity index (χ0n) is 13.2. The van der Waals surface area contributed by atoms with Crippen molar-refractivity contribution in [3.05, 3.63) is 83.1 Å². The highest BCUT2D eigenvalue weighted by atomic mass is 16.3. The molecule has 0 unspecified atom stereocenters. The summed E-state index contributed by atoms with van der Waals surface area (Å²) in [5, 5.41) is 0. The van der Waals surface area contributed by atoms with Crippen LogP contribution in [0.25, 0.3) is 23.5 Å². The van der Waals surface area contributed by atoms with E-state index in [0.29, 0.717) is 0 Å². The number of carbonyl (C=O) groups excluding carboxylic acids is 1. The van der Waals surface area contributed by atoms with E-state index in [1.165, 1.54) is 0 Å². The molecule has 0 radical (unpaired) electrons. The van der Waals surface area contributed by atoms with Gasteiger partial charge in [0.25, 0.3) is 0 Å². The van der Waals surface area contributed by atoms with Gasteiger partial charge in [0.1, 0.15) is 5.76 Å². The van der Waals surface area contributed by atoms with Gasteiger partial charge in [0.2, 0.25) is 0 Å². The van der Waals surface area contributed by atoms with E-state index in [1.807, 2.05) is 73.7 Å². The Bertz CT molecular complexity index is 841. The van der Waals surface area contributed by atoms with E-state index in [-0.39, 0.29) is 5.78 Å². The molecule has 0 amide bonds. The molecule has 0 spiro atoms. The summed E-state index contributed by atoms with van der Waals surface area (Å²) in [5.74, 6) is 0.874. The predicted octanol–water partition coefficient (Wildman–Crippen LogP) is 5.63. The highest BCUT2D eigenvalue weighted by Crippen LogP contribution is 2.27. The molecule has 114 valence electrons. The van der Waals surface area contributed by atoms with Crippen LogP contribution in [0.1, 0.15) is 34.0 Å². The van der Waals surface area contributed by atoms with Gasteiger partial charge < -0.3 is 4.42 Å². The molecule has 0 aliphatic heterocycles. The lowest BCUT2D eigenvalue weighted by atomic mass is 9.94. The van der Waals surface area contributed by atoms with Crippen LogP contribution in [0.2, 0.25) is 0 Å². The van der Waals surface area contributed by atoms with Crippen molar-refractivity contribution in [1.29, 1.82) is 0 Å². The van der Waals surface area contributed by atoms with Gasteiger partial charge in [-0.1, -0.05) is 42.5 Å². The Morgan fingerprint density at radius 3 is 2.43 bits per heavy atom. The third kappa shape index (κ3) is 3.32. The number of furan rings is 1. The molecule has 3 aromatic rings. The summed E-state index contributed by atoms with van der Waals surface area (Å²) in [6.45, 7) is 3.57. The van der Waals surface area contributed by atoms with E-state index < -0.39 is 0 Å². The summed E-state index contributed by atoms with van der Waals surface area (Å²) in [6, 6.07) is 17.8. The summed E-state index contributed by atoms with van der Waals surface area (Å²) in [6.07, 6.45) is 5.67. The Labute approximate surface area is 136 Å². The first kappa shape index (κ1) is 15.0. The topological polar surface area (TPSA) is 30.2 Å². The van der Waals surface area contributed by atoms with E-state index in [0.717, 1.165) is 33.6 Å². The zero-order chi connectivity index (χ0) is 16.2. The molecule has 2 nitrogen and oxygen atoms in total. The monoisotopic (exact) mass is 302 g/mol. The van der Waals surface area contributed by atoms with Gasteiger partial charge in [0.15, 0.2) is 5.78 Å². The van der Waals surface area contributed by atoms with Gasteiger partial charge in [-0.15, -0.1) is 0 Å². The second-order valence-corrected chi connectivity index (χ2v) is 5.53. The smallest absolute Gasteiger partial charge is 0.160 e. The van der Waals surface area contributed by atoms with Crippen molar-refractivity contribution in [3.8, 4) is 11.3 Å². The van der Waals surface area contributed by atoms with Gasteiger partial charge in [-0.2, -0.15) is 0 Å². The number of carbonyl (C=O) groups is 1. The lowest BCUT2D eigenvalue weighted by Gasteiger charge is -2.10. The van der Waals surface area contributed by atoms with E-state index in [1.54, 1.807) is 13.2 Å². The summed E-state index contributed by atoms with van der Waals surface area (Å²) in [4.78, 5) is 12.0. The standard InChI is InChI=1S/C21H18O2/c1-15-13-19(20-9-6-12-23-20)14-18(21(15)16(2)22)11-10-17-7-4-3-5-8-17/h3-14H,1-2H3/b11-10+. The van der Waals surface area contributed by atoms with Crippen molar-refractivity contribution in [2.45, 2.75) is 13.8 Å². The summed E-state index contributed by atoms with van der Waals surface area (Å²) in [7, 11) is 0. The lowest BCUT2D eigenvalue weighted by Crippen LogP contribution is -2.00. The molecule has 2 heteroatoms. The third-order valence-corrected chi connectivity index (χ3v) is 3.78. The number of ketones is 1. The van der Waals surface area contributed by atoms with Crippen molar-refractivity contribution in [2.75, 3.05) is 0 Å². The fourth-order valence-corrected chi connectivity index (χ4v) is 2.76. The fraction of sp³-hybridized carbons (Fsp3) is 0.0952. The Balaban J connectivity index is 2.09. The summed E-state index contributed by atoms with van der Waals surface area (Å²) < 4.78 is 5.48. The number of hydrogen-bond donors (Lipinski definition) is 0. The van der Waals surface area contributed by atoms with Crippen molar-refractivity contribution >= 4 is 17.9 Å². The lowest BCUT2D eigenvalue weighted by molar-refractivity contribution is 0.101. The molecule has 1 heterocycles. The van der Waals surface area contributed by atoms with Crippen LogP contribution in [-0.2, 0) is 0 Å². The van der Waals surface area contributed by atoms with Gasteiger partial charge in [-0.05, 0) is 54.8 Å². The van der Waals surface area contributed by atoms with Gasteiger partial charge in [0, 0.05) is 11.1 Å². The largest absolute Gasteiger partial charge is 0.464 e.